The highest BCUT2D eigenvalue weighted by Crippen LogP contribution is 2.65. The van der Waals surface area contributed by atoms with Gasteiger partial charge in [-0.25, -0.2) is 0 Å². The molecule has 11 aliphatic rings. The second-order valence-corrected chi connectivity index (χ2v) is 24.8. The lowest BCUT2D eigenvalue weighted by Crippen LogP contribution is -2.47. The van der Waals surface area contributed by atoms with Gasteiger partial charge in [0.15, 0.2) is 0 Å². The first kappa shape index (κ1) is 38.0. The molecule has 0 heterocycles. The van der Waals surface area contributed by atoms with E-state index >= 15 is 0 Å². The Balaban J connectivity index is 0.833. The molecule has 11 saturated carbocycles. The van der Waals surface area contributed by atoms with Gasteiger partial charge in [0.05, 0.1) is 0 Å². The molecular formula is C55H90. The zero-order chi connectivity index (χ0) is 36.3. The average Bonchev–Trinajstić information content (AvgIpc) is 3.62. The largest absolute Gasteiger partial charge is 0.0533 e. The molecule has 0 aromatic rings. The summed E-state index contributed by atoms with van der Waals surface area (Å²) in [6.45, 7) is 0. The molecule has 0 aromatic carbocycles. The Labute approximate surface area is 341 Å². The van der Waals surface area contributed by atoms with Gasteiger partial charge in [-0.3, -0.25) is 0 Å². The molecule has 0 heteroatoms. The molecule has 18 atom stereocenters. The minimum absolute atomic E-state index is 1.10. The molecule has 0 saturated heterocycles. The summed E-state index contributed by atoms with van der Waals surface area (Å²) in [5.74, 6) is 22.5. The van der Waals surface area contributed by atoms with E-state index in [1.54, 1.807) is 225 Å². The van der Waals surface area contributed by atoms with Crippen LogP contribution in [0.3, 0.4) is 0 Å². The van der Waals surface area contributed by atoms with Crippen LogP contribution in [0.5, 0.6) is 0 Å². The molecule has 55 heavy (non-hydrogen) atoms. The highest BCUT2D eigenvalue weighted by atomic mass is 14.6. The zero-order valence-corrected chi connectivity index (χ0v) is 36.3. The highest BCUT2D eigenvalue weighted by Gasteiger charge is 2.57. The Kier molecular flexibility index (Phi) is 11.6. The molecule has 0 N–H and O–H groups in total. The molecule has 0 aromatic heterocycles. The van der Waals surface area contributed by atoms with Gasteiger partial charge in [0.1, 0.15) is 0 Å². The Morgan fingerprint density at radius 2 is 0.436 bits per heavy atom. The summed E-state index contributed by atoms with van der Waals surface area (Å²) < 4.78 is 0. The number of hydrogen-bond donors (Lipinski definition) is 0. The first-order valence-corrected chi connectivity index (χ1v) is 27.2. The first-order chi connectivity index (χ1) is 27.2. The fraction of sp³-hybridized carbons (Fsp3) is 1.00. The summed E-state index contributed by atoms with van der Waals surface area (Å²) in [4.78, 5) is 0. The maximum Gasteiger partial charge on any atom is -0.0349 e. The van der Waals surface area contributed by atoms with E-state index < -0.39 is 0 Å². The third-order valence-electron chi connectivity index (χ3n) is 22.9. The van der Waals surface area contributed by atoms with Crippen molar-refractivity contribution in [3.8, 4) is 0 Å². The summed E-state index contributed by atoms with van der Waals surface area (Å²) in [5.41, 5.74) is 0. The van der Waals surface area contributed by atoms with Gasteiger partial charge in [-0.1, -0.05) is 128 Å². The molecule has 18 unspecified atom stereocenters. The zero-order valence-electron chi connectivity index (χ0n) is 36.3. The van der Waals surface area contributed by atoms with Crippen LogP contribution in [0.15, 0.2) is 0 Å². The summed E-state index contributed by atoms with van der Waals surface area (Å²) in [6, 6.07) is 0. The summed E-state index contributed by atoms with van der Waals surface area (Å²) >= 11 is 0. The number of fused-ring (bicyclic) bond motifs is 6. The maximum atomic E-state index is 1.71. The SMILES string of the molecule is C1CCC(C2CC(C3CCC4CCCCC4C3)CC(C3CCC(C4CC(C5CCCCC5)C5CC6CC7CCCCC7CC6C5C4)C4CCCCC34)C2)CC1. The van der Waals surface area contributed by atoms with Gasteiger partial charge in [0.25, 0.3) is 0 Å². The van der Waals surface area contributed by atoms with Gasteiger partial charge >= 0.3 is 0 Å². The quantitative estimate of drug-likeness (QED) is 0.262. The van der Waals surface area contributed by atoms with Crippen molar-refractivity contribution >= 4 is 0 Å². The lowest BCUT2D eigenvalue weighted by Gasteiger charge is -2.56. The predicted octanol–water partition coefficient (Wildman–Crippen LogP) is 16.1. The van der Waals surface area contributed by atoms with Gasteiger partial charge in [0.2, 0.25) is 0 Å². The molecule has 0 spiro atoms. The molecule has 0 amide bonds. The Morgan fingerprint density at radius 3 is 1.07 bits per heavy atom. The van der Waals surface area contributed by atoms with Crippen LogP contribution in [-0.4, -0.2) is 0 Å². The monoisotopic (exact) mass is 751 g/mol. The molecule has 11 rings (SSSR count). The van der Waals surface area contributed by atoms with E-state index in [1.165, 1.54) is 0 Å². The fourth-order valence-corrected chi connectivity index (χ4v) is 20.7. The van der Waals surface area contributed by atoms with E-state index in [2.05, 4.69) is 0 Å². The van der Waals surface area contributed by atoms with Crippen LogP contribution in [0.2, 0.25) is 0 Å². The summed E-state index contributed by atoms with van der Waals surface area (Å²) in [7, 11) is 0. The second kappa shape index (κ2) is 16.8. The van der Waals surface area contributed by atoms with E-state index in [0.717, 1.165) is 118 Å². The molecule has 0 nitrogen and oxygen atoms in total. The van der Waals surface area contributed by atoms with Crippen molar-refractivity contribution in [1.82, 2.24) is 0 Å². The third kappa shape index (κ3) is 7.56. The first-order valence-electron chi connectivity index (χ1n) is 27.2. The fourth-order valence-electron chi connectivity index (χ4n) is 20.7. The Morgan fingerprint density at radius 1 is 0.127 bits per heavy atom. The van der Waals surface area contributed by atoms with Crippen molar-refractivity contribution in [3.63, 3.8) is 0 Å². The normalized spacial score (nSPS) is 52.6. The van der Waals surface area contributed by atoms with Crippen LogP contribution < -0.4 is 0 Å². The molecular weight excluding hydrogens is 661 g/mol. The lowest BCUT2D eigenvalue weighted by molar-refractivity contribution is -0.0624. The van der Waals surface area contributed by atoms with E-state index in [9.17, 15) is 0 Å². The summed E-state index contributed by atoms with van der Waals surface area (Å²) in [5, 5.41) is 0. The van der Waals surface area contributed by atoms with E-state index in [-0.39, 0.29) is 0 Å². The van der Waals surface area contributed by atoms with Crippen LogP contribution in [0.25, 0.3) is 0 Å². The average molecular weight is 751 g/mol. The predicted molar refractivity (Wildman–Crippen MR) is 231 cm³/mol. The van der Waals surface area contributed by atoms with Crippen molar-refractivity contribution in [2.24, 2.45) is 118 Å². The van der Waals surface area contributed by atoms with Crippen LogP contribution in [0.1, 0.15) is 225 Å². The third-order valence-corrected chi connectivity index (χ3v) is 22.9. The van der Waals surface area contributed by atoms with Gasteiger partial charge in [0, 0.05) is 0 Å². The van der Waals surface area contributed by atoms with Crippen LogP contribution in [0, 0.1) is 118 Å². The Hall–Kier alpha value is 0. The van der Waals surface area contributed by atoms with Crippen molar-refractivity contribution in [2.45, 2.75) is 225 Å². The molecule has 11 fully saturated rings. The van der Waals surface area contributed by atoms with E-state index in [4.69, 9.17) is 0 Å². The van der Waals surface area contributed by atoms with E-state index in [0.29, 0.717) is 0 Å². The van der Waals surface area contributed by atoms with Crippen molar-refractivity contribution in [2.75, 3.05) is 0 Å². The van der Waals surface area contributed by atoms with Gasteiger partial charge in [-0.15, -0.1) is 0 Å². The topological polar surface area (TPSA) is 0 Å². The van der Waals surface area contributed by atoms with Crippen molar-refractivity contribution < 1.29 is 0 Å². The minimum atomic E-state index is 1.10. The number of rotatable bonds is 5. The van der Waals surface area contributed by atoms with Crippen molar-refractivity contribution in [1.29, 1.82) is 0 Å². The standard InChI is InChI=1S/C55H90/c1-3-13-36(14-4-1)43-29-44(42-24-23-37-15-7-8-18-39(37)27-42)31-45(30-43)48-25-26-49(51-22-12-11-21-50(48)51)47-33-52(38-16-5-2-6-17-38)54-34-46-28-40-19-9-10-20-41(40)32-53(46)55(54)35-47/h36-55H,1-35H2. The van der Waals surface area contributed by atoms with Gasteiger partial charge < -0.3 is 0 Å². The summed E-state index contributed by atoms with van der Waals surface area (Å²) in [6.07, 6.45) is 56.7. The van der Waals surface area contributed by atoms with Crippen LogP contribution in [-0.2, 0) is 0 Å². The second-order valence-electron chi connectivity index (χ2n) is 24.8. The molecule has 310 valence electrons. The van der Waals surface area contributed by atoms with E-state index in [1.807, 2.05) is 0 Å². The molecule has 0 radical (unpaired) electrons. The van der Waals surface area contributed by atoms with Gasteiger partial charge in [-0.2, -0.15) is 0 Å². The number of hydrogen-bond acceptors (Lipinski definition) is 0. The maximum absolute atomic E-state index is 1.71. The smallest absolute Gasteiger partial charge is 0.0349 e. The van der Waals surface area contributed by atoms with Crippen LogP contribution >= 0.6 is 0 Å². The van der Waals surface area contributed by atoms with Crippen LogP contribution in [0.4, 0.5) is 0 Å². The highest BCUT2D eigenvalue weighted by molar-refractivity contribution is 5.06. The Bertz CT molecular complexity index is 1240. The van der Waals surface area contributed by atoms with Crippen molar-refractivity contribution in [3.05, 3.63) is 0 Å². The minimum Gasteiger partial charge on any atom is -0.0533 e. The molecule has 0 bridgehead atoms. The lowest BCUT2D eigenvalue weighted by atomic mass is 9.49. The van der Waals surface area contributed by atoms with Gasteiger partial charge in [-0.05, 0) is 215 Å². The molecule has 11 aliphatic carbocycles. The molecule has 0 aliphatic heterocycles.